The Morgan fingerprint density at radius 1 is 1.22 bits per heavy atom. The molecule has 174 valence electrons. The van der Waals surface area contributed by atoms with Gasteiger partial charge in [0.1, 0.15) is 18.2 Å². The molecule has 4 rings (SSSR count). The second kappa shape index (κ2) is 8.92. The number of nitrogens with two attached hydrogens (primary N) is 2. The predicted octanol–water partition coefficient (Wildman–Crippen LogP) is 1.36. The monoisotopic (exact) mass is 443 g/mol. The van der Waals surface area contributed by atoms with Gasteiger partial charge in [-0.1, -0.05) is 36.8 Å². The molecule has 2 aliphatic carbocycles. The number of hydrogen-bond acceptors (Lipinski definition) is 7. The van der Waals surface area contributed by atoms with Gasteiger partial charge in [-0.2, -0.15) is 0 Å². The highest BCUT2D eigenvalue weighted by molar-refractivity contribution is 6.00. The molecule has 1 aliphatic heterocycles. The lowest BCUT2D eigenvalue weighted by Crippen LogP contribution is -2.67. The maximum absolute atomic E-state index is 13.8. The Labute approximate surface area is 188 Å². The fourth-order valence-corrected chi connectivity index (χ4v) is 6.51. The molecular formula is C24H33N3O5. The van der Waals surface area contributed by atoms with Crippen LogP contribution in [0.2, 0.25) is 0 Å². The second-order valence-corrected chi connectivity index (χ2v) is 9.59. The van der Waals surface area contributed by atoms with Crippen molar-refractivity contribution < 1.29 is 24.2 Å². The van der Waals surface area contributed by atoms with Gasteiger partial charge in [0, 0.05) is 0 Å². The molecule has 6 N–H and O–H groups in total. The zero-order valence-corrected chi connectivity index (χ0v) is 18.3. The van der Waals surface area contributed by atoms with Crippen LogP contribution in [0.3, 0.4) is 0 Å². The van der Waals surface area contributed by atoms with E-state index >= 15 is 0 Å². The van der Waals surface area contributed by atoms with Crippen molar-refractivity contribution in [1.82, 2.24) is 5.32 Å². The third-order valence-electron chi connectivity index (χ3n) is 7.93. The maximum Gasteiger partial charge on any atom is 0.328 e. The first-order valence-electron chi connectivity index (χ1n) is 11.6. The quantitative estimate of drug-likeness (QED) is 0.313. The number of benzene rings is 1. The highest BCUT2D eigenvalue weighted by atomic mass is 16.5. The van der Waals surface area contributed by atoms with Crippen LogP contribution in [0.5, 0.6) is 0 Å². The van der Waals surface area contributed by atoms with Crippen LogP contribution in [0.1, 0.15) is 50.5 Å². The van der Waals surface area contributed by atoms with Gasteiger partial charge in [0.25, 0.3) is 0 Å². The molecule has 0 amide bonds. The van der Waals surface area contributed by atoms with Gasteiger partial charge in [-0.3, -0.25) is 14.9 Å². The van der Waals surface area contributed by atoms with Crippen molar-refractivity contribution in [2.75, 3.05) is 6.54 Å². The summed E-state index contributed by atoms with van der Waals surface area (Å²) in [7, 11) is 0. The largest absolute Gasteiger partial charge is 0.480 e. The number of ketones is 1. The molecule has 6 atom stereocenters. The third kappa shape index (κ3) is 3.54. The van der Waals surface area contributed by atoms with Gasteiger partial charge in [0.05, 0.1) is 11.5 Å². The molecule has 0 aromatic heterocycles. The van der Waals surface area contributed by atoms with Crippen LogP contribution in [0.15, 0.2) is 30.3 Å². The van der Waals surface area contributed by atoms with Crippen LogP contribution in [-0.2, 0) is 25.7 Å². The number of carbonyl (C=O) groups excluding carboxylic acids is 2. The number of carboxylic acid groups (broad SMARTS) is 1. The smallest absolute Gasteiger partial charge is 0.328 e. The Morgan fingerprint density at radius 3 is 2.66 bits per heavy atom. The number of carbonyl (C=O) groups is 3. The van der Waals surface area contributed by atoms with E-state index in [2.05, 4.69) is 5.32 Å². The number of hydrogen-bond donors (Lipinski definition) is 4. The zero-order chi connectivity index (χ0) is 22.9. The van der Waals surface area contributed by atoms with Crippen molar-refractivity contribution in [3.8, 4) is 0 Å². The van der Waals surface area contributed by atoms with Crippen molar-refractivity contribution in [1.29, 1.82) is 0 Å². The Kier molecular flexibility index (Phi) is 6.38. The van der Waals surface area contributed by atoms with Gasteiger partial charge < -0.3 is 21.3 Å². The van der Waals surface area contributed by atoms with Crippen LogP contribution in [0.25, 0.3) is 0 Å². The van der Waals surface area contributed by atoms with E-state index in [1.54, 1.807) is 0 Å². The van der Waals surface area contributed by atoms with E-state index in [0.717, 1.165) is 24.8 Å². The van der Waals surface area contributed by atoms with Gasteiger partial charge >= 0.3 is 11.9 Å². The minimum atomic E-state index is -1.34. The molecule has 1 saturated heterocycles. The van der Waals surface area contributed by atoms with Gasteiger partial charge in [-0.05, 0) is 62.5 Å². The first-order chi connectivity index (χ1) is 15.4. The number of esters is 1. The van der Waals surface area contributed by atoms with Crippen molar-refractivity contribution in [3.63, 3.8) is 0 Å². The lowest BCUT2D eigenvalue weighted by Gasteiger charge is -2.45. The number of Topliss-reactive ketones (excluding diaryl/α,β-unsaturated/α-hetero) is 1. The minimum Gasteiger partial charge on any atom is -0.480 e. The molecule has 0 radical (unpaired) electrons. The van der Waals surface area contributed by atoms with Crippen LogP contribution in [0.4, 0.5) is 0 Å². The zero-order valence-electron chi connectivity index (χ0n) is 18.3. The van der Waals surface area contributed by atoms with Crippen molar-refractivity contribution in [3.05, 3.63) is 35.9 Å². The van der Waals surface area contributed by atoms with E-state index in [0.29, 0.717) is 32.2 Å². The summed E-state index contributed by atoms with van der Waals surface area (Å²) in [5.74, 6) is -1.82. The molecule has 1 unspecified atom stereocenters. The summed E-state index contributed by atoms with van der Waals surface area (Å²) in [4.78, 5) is 39.3. The molecular weight excluding hydrogens is 410 g/mol. The molecule has 1 heterocycles. The Bertz CT molecular complexity index is 878. The molecule has 2 saturated carbocycles. The van der Waals surface area contributed by atoms with Gasteiger partial charge in [-0.25, -0.2) is 4.79 Å². The summed E-state index contributed by atoms with van der Waals surface area (Å²) in [6.45, 7) is 0.610. The molecule has 3 fully saturated rings. The number of rotatable bonds is 10. The first kappa shape index (κ1) is 22.9. The number of ether oxygens (including phenoxy) is 1. The van der Waals surface area contributed by atoms with Crippen molar-refractivity contribution >= 4 is 17.7 Å². The van der Waals surface area contributed by atoms with E-state index in [9.17, 15) is 19.5 Å². The van der Waals surface area contributed by atoms with Crippen molar-refractivity contribution in [2.45, 2.75) is 69.2 Å². The average molecular weight is 444 g/mol. The van der Waals surface area contributed by atoms with Crippen LogP contribution in [-0.4, -0.2) is 47.0 Å². The third-order valence-corrected chi connectivity index (χ3v) is 7.93. The summed E-state index contributed by atoms with van der Waals surface area (Å²) in [5.41, 5.74) is 10.4. The summed E-state index contributed by atoms with van der Waals surface area (Å²) < 4.78 is 5.75. The second-order valence-electron chi connectivity index (χ2n) is 9.59. The highest BCUT2D eigenvalue weighted by Gasteiger charge is 2.77. The minimum absolute atomic E-state index is 0.0745. The highest BCUT2D eigenvalue weighted by Crippen LogP contribution is 2.67. The lowest BCUT2D eigenvalue weighted by atomic mass is 9.61. The number of carboxylic acids is 1. The normalized spacial score (nSPS) is 33.6. The summed E-state index contributed by atoms with van der Waals surface area (Å²) in [6, 6.07) is 7.74. The number of nitrogens with one attached hydrogen (secondary N) is 1. The summed E-state index contributed by atoms with van der Waals surface area (Å²) in [6.07, 6.45) is 4.22. The van der Waals surface area contributed by atoms with Gasteiger partial charge in [0.2, 0.25) is 0 Å². The van der Waals surface area contributed by atoms with Gasteiger partial charge in [-0.15, -0.1) is 0 Å². The average Bonchev–Trinajstić information content (AvgIpc) is 3.48. The molecule has 3 aliphatic rings. The predicted molar refractivity (Wildman–Crippen MR) is 117 cm³/mol. The number of fused-ring (bicyclic) bond motifs is 5. The van der Waals surface area contributed by atoms with E-state index in [4.69, 9.17) is 16.2 Å². The van der Waals surface area contributed by atoms with E-state index in [1.807, 2.05) is 30.3 Å². The molecule has 0 spiro atoms. The molecule has 1 aromatic rings. The van der Waals surface area contributed by atoms with E-state index in [-0.39, 0.29) is 24.2 Å². The van der Waals surface area contributed by atoms with Crippen LogP contribution >= 0.6 is 0 Å². The summed E-state index contributed by atoms with van der Waals surface area (Å²) >= 11 is 0. The Hall–Kier alpha value is -2.29. The molecule has 2 bridgehead atoms. The topological polar surface area (TPSA) is 145 Å². The maximum atomic E-state index is 13.8. The fourth-order valence-electron chi connectivity index (χ4n) is 6.51. The van der Waals surface area contributed by atoms with E-state index < -0.39 is 35.0 Å². The van der Waals surface area contributed by atoms with E-state index in [1.165, 1.54) is 0 Å². The number of aliphatic carboxylic acids is 1. The standard InChI is InChI=1S/C24H33N3O5/c25-11-5-4-8-18(26)20(28)23-10-9-16(13-23)17-12-19(21(29)30)27-24(17,23)22(31)32-14-15-6-2-1-3-7-15/h1-3,6-7,16-19,27H,4-5,8-14,25-26H2,(H,29,30)/t16-,17+,18?,19+,23-,24+/m0/s1. The Balaban J connectivity index is 1.64. The molecule has 1 aromatic carbocycles. The van der Waals surface area contributed by atoms with Crippen LogP contribution < -0.4 is 16.8 Å². The van der Waals surface area contributed by atoms with Crippen molar-refractivity contribution in [2.24, 2.45) is 28.7 Å². The molecule has 32 heavy (non-hydrogen) atoms. The number of unbranched alkanes of at least 4 members (excludes halogenated alkanes) is 1. The molecule has 8 heteroatoms. The SMILES string of the molecule is NCCCCC(N)C(=O)[C@]12CC[C@@H](C1)[C@H]1C[C@H](C(=O)O)N[C@@]12C(=O)OCc1ccccc1. The lowest BCUT2D eigenvalue weighted by molar-refractivity contribution is -0.165. The Morgan fingerprint density at radius 2 is 1.97 bits per heavy atom. The first-order valence-corrected chi connectivity index (χ1v) is 11.6. The summed E-state index contributed by atoms with van der Waals surface area (Å²) in [5, 5.41) is 12.8. The fraction of sp³-hybridized carbons (Fsp3) is 0.625. The molecule has 8 nitrogen and oxygen atoms in total. The van der Waals surface area contributed by atoms with Gasteiger partial charge in [0.15, 0.2) is 5.78 Å². The van der Waals surface area contributed by atoms with Crippen LogP contribution in [0, 0.1) is 17.3 Å².